The number of rotatable bonds is 5. The Balaban J connectivity index is 1.74. The van der Waals surface area contributed by atoms with Crippen LogP contribution >= 0.6 is 0 Å². The number of likely N-dealkylation sites (tertiary alicyclic amines) is 1. The number of benzene rings is 1. The van der Waals surface area contributed by atoms with Crippen molar-refractivity contribution in [2.45, 2.75) is 38.3 Å². The van der Waals surface area contributed by atoms with Crippen LogP contribution in [0.3, 0.4) is 0 Å². The molecule has 1 aliphatic rings. The molecule has 0 atom stereocenters. The summed E-state index contributed by atoms with van der Waals surface area (Å²) in [5, 5.41) is 2.26. The summed E-state index contributed by atoms with van der Waals surface area (Å²) in [5.74, 6) is -1.77. The summed E-state index contributed by atoms with van der Waals surface area (Å²) in [6, 6.07) is 3.62. The zero-order chi connectivity index (χ0) is 20.6. The molecule has 6 nitrogen and oxygen atoms in total. The van der Waals surface area contributed by atoms with Crippen LogP contribution < -0.4 is 5.32 Å². The molecule has 0 aromatic heterocycles. The van der Waals surface area contributed by atoms with Crippen LogP contribution in [0.15, 0.2) is 24.3 Å². The Bertz CT molecular complexity index is 681. The molecule has 1 N–H and O–H groups in total. The fourth-order valence-electron chi connectivity index (χ4n) is 2.85. The monoisotopic (exact) mass is 400 g/mol. The van der Waals surface area contributed by atoms with E-state index >= 15 is 0 Å². The second-order valence-corrected chi connectivity index (χ2v) is 6.57. The van der Waals surface area contributed by atoms with Crippen molar-refractivity contribution in [3.05, 3.63) is 35.4 Å². The normalized spacial score (nSPS) is 15.3. The lowest BCUT2D eigenvalue weighted by molar-refractivity contribution is -0.151. The smallest absolute Gasteiger partial charge is 0.416 e. The Morgan fingerprint density at radius 3 is 2.11 bits per heavy atom. The fourth-order valence-corrected chi connectivity index (χ4v) is 2.85. The maximum absolute atomic E-state index is 12.5. The molecule has 1 aromatic carbocycles. The van der Waals surface area contributed by atoms with E-state index in [-0.39, 0.29) is 11.5 Å². The van der Waals surface area contributed by atoms with Gasteiger partial charge >= 0.3 is 12.1 Å². The predicted molar refractivity (Wildman–Crippen MR) is 94.4 cm³/mol. The van der Waals surface area contributed by atoms with E-state index in [1.807, 2.05) is 0 Å². The molecule has 0 saturated carbocycles. The molecule has 1 fully saturated rings. The number of esters is 1. The van der Waals surface area contributed by atoms with E-state index in [2.05, 4.69) is 5.32 Å². The third-order valence-electron chi connectivity index (χ3n) is 4.43. The number of halogens is 3. The van der Waals surface area contributed by atoms with Gasteiger partial charge in [0.05, 0.1) is 5.56 Å². The zero-order valence-corrected chi connectivity index (χ0v) is 15.4. The first kappa shape index (κ1) is 21.7. The minimum atomic E-state index is -4.49. The van der Waals surface area contributed by atoms with Gasteiger partial charge in [0.15, 0.2) is 6.61 Å². The van der Waals surface area contributed by atoms with Crippen LogP contribution in [-0.4, -0.2) is 48.9 Å². The Labute approximate surface area is 161 Å². The largest absolute Gasteiger partial charge is 0.454 e. The van der Waals surface area contributed by atoms with Crippen molar-refractivity contribution in [1.82, 2.24) is 10.2 Å². The first-order valence-electron chi connectivity index (χ1n) is 9.16. The van der Waals surface area contributed by atoms with Gasteiger partial charge in [-0.25, -0.2) is 0 Å². The molecule has 0 unspecified atom stereocenters. The summed E-state index contributed by atoms with van der Waals surface area (Å²) in [7, 11) is 0. The first-order chi connectivity index (χ1) is 13.3. The molecule has 1 aliphatic heterocycles. The van der Waals surface area contributed by atoms with Gasteiger partial charge in [-0.2, -0.15) is 13.2 Å². The van der Waals surface area contributed by atoms with Gasteiger partial charge in [0.25, 0.3) is 11.8 Å². The number of alkyl halides is 3. The number of nitrogens with one attached hydrogen (secondary N) is 1. The van der Waals surface area contributed by atoms with Crippen LogP contribution in [0.5, 0.6) is 0 Å². The number of carbonyl (C=O) groups excluding carboxylic acids is 3. The van der Waals surface area contributed by atoms with Crippen molar-refractivity contribution < 1.29 is 32.3 Å². The highest BCUT2D eigenvalue weighted by Crippen LogP contribution is 2.29. The Morgan fingerprint density at radius 1 is 0.964 bits per heavy atom. The van der Waals surface area contributed by atoms with E-state index in [0.717, 1.165) is 56.4 Å². The van der Waals surface area contributed by atoms with E-state index in [1.54, 1.807) is 4.90 Å². The standard InChI is InChI=1S/C19H23F3N2O4/c20-19(21,22)15-8-6-14(7-9-15)18(27)23-12-17(26)28-13-16(25)24-10-4-2-1-3-5-11-24/h6-9H,1-5,10-13H2,(H,23,27). The molecule has 0 spiro atoms. The van der Waals surface area contributed by atoms with Crippen molar-refractivity contribution in [2.75, 3.05) is 26.2 Å². The van der Waals surface area contributed by atoms with Crippen LogP contribution in [0, 0.1) is 0 Å². The lowest BCUT2D eigenvalue weighted by Gasteiger charge is -2.24. The first-order valence-corrected chi connectivity index (χ1v) is 9.16. The van der Waals surface area contributed by atoms with Crippen LogP contribution in [0.2, 0.25) is 0 Å². The van der Waals surface area contributed by atoms with Gasteiger partial charge in [0.2, 0.25) is 0 Å². The molecular weight excluding hydrogens is 377 g/mol. The quantitative estimate of drug-likeness (QED) is 0.772. The number of ether oxygens (including phenoxy) is 1. The summed E-state index contributed by atoms with van der Waals surface area (Å²) in [6.45, 7) is 0.407. The summed E-state index contributed by atoms with van der Waals surface area (Å²) in [5.41, 5.74) is -0.885. The van der Waals surface area contributed by atoms with Crippen LogP contribution in [0.25, 0.3) is 0 Å². The van der Waals surface area contributed by atoms with E-state index in [4.69, 9.17) is 4.74 Å². The second kappa shape index (κ2) is 10.1. The maximum atomic E-state index is 12.5. The molecule has 2 amide bonds. The third kappa shape index (κ3) is 6.86. The second-order valence-electron chi connectivity index (χ2n) is 6.57. The maximum Gasteiger partial charge on any atom is 0.416 e. The fraction of sp³-hybridized carbons (Fsp3) is 0.526. The van der Waals surface area contributed by atoms with Gasteiger partial charge in [0, 0.05) is 18.7 Å². The van der Waals surface area contributed by atoms with Gasteiger partial charge in [-0.05, 0) is 37.1 Å². The minimum Gasteiger partial charge on any atom is -0.454 e. The highest BCUT2D eigenvalue weighted by molar-refractivity contribution is 5.96. The summed E-state index contributed by atoms with van der Waals surface area (Å²) in [4.78, 5) is 37.4. The Kier molecular flexibility index (Phi) is 7.83. The molecule has 2 rings (SSSR count). The minimum absolute atomic E-state index is 0.0162. The van der Waals surface area contributed by atoms with Crippen molar-refractivity contribution in [1.29, 1.82) is 0 Å². The Hall–Kier alpha value is -2.58. The van der Waals surface area contributed by atoms with Gasteiger partial charge in [0.1, 0.15) is 6.54 Å². The molecular formula is C19H23F3N2O4. The molecule has 9 heteroatoms. The number of nitrogens with zero attached hydrogens (tertiary/aromatic N) is 1. The molecule has 0 radical (unpaired) electrons. The van der Waals surface area contributed by atoms with Crippen molar-refractivity contribution in [2.24, 2.45) is 0 Å². The van der Waals surface area contributed by atoms with Crippen molar-refractivity contribution in [3.8, 4) is 0 Å². The van der Waals surface area contributed by atoms with Crippen molar-refractivity contribution in [3.63, 3.8) is 0 Å². The zero-order valence-electron chi connectivity index (χ0n) is 15.4. The van der Waals surface area contributed by atoms with Crippen LogP contribution in [0.4, 0.5) is 13.2 Å². The molecule has 1 saturated heterocycles. The van der Waals surface area contributed by atoms with E-state index in [9.17, 15) is 27.6 Å². The highest BCUT2D eigenvalue weighted by Gasteiger charge is 2.30. The lowest BCUT2D eigenvalue weighted by atomic mass is 10.1. The van der Waals surface area contributed by atoms with Crippen molar-refractivity contribution >= 4 is 17.8 Å². The van der Waals surface area contributed by atoms with Gasteiger partial charge in [-0.15, -0.1) is 0 Å². The van der Waals surface area contributed by atoms with Gasteiger partial charge in [-0.1, -0.05) is 19.3 Å². The molecule has 0 aliphatic carbocycles. The summed E-state index contributed by atoms with van der Waals surface area (Å²) >= 11 is 0. The average Bonchev–Trinajstić information content (AvgIpc) is 2.63. The SMILES string of the molecule is O=C(CNC(=O)c1ccc(C(F)(F)F)cc1)OCC(=O)N1CCCCCCC1. The van der Waals surface area contributed by atoms with E-state index in [0.29, 0.717) is 13.1 Å². The Morgan fingerprint density at radius 2 is 1.54 bits per heavy atom. The van der Waals surface area contributed by atoms with Crippen LogP contribution in [-0.2, 0) is 20.5 Å². The molecule has 0 bridgehead atoms. The third-order valence-corrected chi connectivity index (χ3v) is 4.43. The van der Waals surface area contributed by atoms with Gasteiger partial charge in [-0.3, -0.25) is 14.4 Å². The summed E-state index contributed by atoms with van der Waals surface area (Å²) < 4.78 is 42.4. The number of carbonyl (C=O) groups is 3. The average molecular weight is 400 g/mol. The number of hydrogen-bond acceptors (Lipinski definition) is 4. The number of amides is 2. The highest BCUT2D eigenvalue weighted by atomic mass is 19.4. The van der Waals surface area contributed by atoms with Gasteiger partial charge < -0.3 is 15.0 Å². The molecule has 1 heterocycles. The predicted octanol–water partition coefficient (Wildman–Crippen LogP) is 2.77. The molecule has 154 valence electrons. The van der Waals surface area contributed by atoms with E-state index in [1.165, 1.54) is 0 Å². The topological polar surface area (TPSA) is 75.7 Å². The number of hydrogen-bond donors (Lipinski definition) is 1. The molecule has 28 heavy (non-hydrogen) atoms. The lowest BCUT2D eigenvalue weighted by Crippen LogP contribution is -2.38. The van der Waals surface area contributed by atoms with E-state index < -0.39 is 36.8 Å². The molecule has 1 aromatic rings. The summed E-state index contributed by atoms with van der Waals surface area (Å²) in [6.07, 6.45) is 0.651. The van der Waals surface area contributed by atoms with Crippen LogP contribution in [0.1, 0.15) is 48.0 Å².